The highest BCUT2D eigenvalue weighted by Gasteiger charge is 2.21. The van der Waals surface area contributed by atoms with Crippen LogP contribution in [0, 0.1) is 0 Å². The van der Waals surface area contributed by atoms with Crippen molar-refractivity contribution < 1.29 is 0 Å². The molecule has 0 radical (unpaired) electrons. The smallest absolute Gasteiger partial charge is 0.152 e. The maximum Gasteiger partial charge on any atom is 0.152 e. The molecule has 0 saturated heterocycles. The number of rotatable bonds is 5. The molecular formula is C15H23N5S. The summed E-state index contributed by atoms with van der Waals surface area (Å²) in [6, 6.07) is 2.69. The fourth-order valence-corrected chi connectivity index (χ4v) is 3.99. The first-order valence-corrected chi connectivity index (χ1v) is 8.64. The van der Waals surface area contributed by atoms with Crippen molar-refractivity contribution in [3.05, 3.63) is 17.3 Å². The molecule has 1 fully saturated rings. The number of nitrogens with two attached hydrogens (primary N) is 1. The molecule has 5 nitrogen and oxygen atoms in total. The number of hydrogen-bond acceptors (Lipinski definition) is 6. The summed E-state index contributed by atoms with van der Waals surface area (Å²) in [4.78, 5) is 12.8. The van der Waals surface area contributed by atoms with Gasteiger partial charge >= 0.3 is 0 Å². The lowest BCUT2D eigenvalue weighted by atomic mass is 9.94. The predicted octanol–water partition coefficient (Wildman–Crippen LogP) is 3.13. The highest BCUT2D eigenvalue weighted by atomic mass is 32.1. The zero-order chi connectivity index (χ0) is 14.7. The molecule has 114 valence electrons. The number of aromatic nitrogens is 2. The molecule has 2 aromatic heterocycles. The highest BCUT2D eigenvalue weighted by molar-refractivity contribution is 7.16. The van der Waals surface area contributed by atoms with Crippen molar-refractivity contribution in [3.63, 3.8) is 0 Å². The Balaban J connectivity index is 1.81. The maximum atomic E-state index is 5.60. The zero-order valence-corrected chi connectivity index (χ0v) is 13.3. The Morgan fingerprint density at radius 2 is 2.14 bits per heavy atom. The molecule has 0 bridgehead atoms. The van der Waals surface area contributed by atoms with E-state index in [1.807, 2.05) is 11.4 Å². The van der Waals surface area contributed by atoms with E-state index in [1.165, 1.54) is 32.1 Å². The quantitative estimate of drug-likeness (QED) is 0.656. The third-order valence-corrected chi connectivity index (χ3v) is 5.16. The standard InChI is InChI=1S/C15H23N5S/c1-2-20(11-6-4-3-5-7-11)10-13-17-14(19-16)12-8-9-21-15(12)18-13/h8-9,11H,2-7,10,16H2,1H3,(H,17,18,19). The molecule has 0 unspecified atom stereocenters. The van der Waals surface area contributed by atoms with Crippen molar-refractivity contribution in [2.45, 2.75) is 51.6 Å². The van der Waals surface area contributed by atoms with Crippen molar-refractivity contribution in [1.82, 2.24) is 14.9 Å². The molecule has 1 aliphatic rings. The number of hydrazine groups is 1. The molecule has 0 aromatic carbocycles. The fourth-order valence-electron chi connectivity index (χ4n) is 3.21. The monoisotopic (exact) mass is 305 g/mol. The summed E-state index contributed by atoms with van der Waals surface area (Å²) >= 11 is 1.64. The number of nitrogens with zero attached hydrogens (tertiary/aromatic N) is 3. The van der Waals surface area contributed by atoms with Gasteiger partial charge in [0, 0.05) is 6.04 Å². The molecule has 0 atom stereocenters. The van der Waals surface area contributed by atoms with E-state index in [0.717, 1.165) is 34.9 Å². The largest absolute Gasteiger partial charge is 0.308 e. The van der Waals surface area contributed by atoms with Gasteiger partial charge in [0.1, 0.15) is 10.7 Å². The van der Waals surface area contributed by atoms with Gasteiger partial charge in [-0.1, -0.05) is 26.2 Å². The van der Waals surface area contributed by atoms with E-state index in [1.54, 1.807) is 11.3 Å². The van der Waals surface area contributed by atoms with Crippen LogP contribution in [-0.4, -0.2) is 27.5 Å². The van der Waals surface area contributed by atoms with Gasteiger partial charge in [-0.2, -0.15) is 0 Å². The predicted molar refractivity (Wildman–Crippen MR) is 88.2 cm³/mol. The number of nitrogen functional groups attached to an aromatic ring is 1. The summed E-state index contributed by atoms with van der Waals surface area (Å²) in [5.74, 6) is 7.20. The van der Waals surface area contributed by atoms with E-state index < -0.39 is 0 Å². The maximum absolute atomic E-state index is 5.60. The van der Waals surface area contributed by atoms with Crippen LogP contribution in [0.1, 0.15) is 44.9 Å². The van der Waals surface area contributed by atoms with Crippen LogP contribution in [0.25, 0.3) is 10.2 Å². The molecule has 21 heavy (non-hydrogen) atoms. The Hall–Kier alpha value is -1.24. The Morgan fingerprint density at radius 1 is 1.33 bits per heavy atom. The highest BCUT2D eigenvalue weighted by Crippen LogP contribution is 2.26. The van der Waals surface area contributed by atoms with Gasteiger partial charge in [-0.05, 0) is 30.8 Å². The van der Waals surface area contributed by atoms with Crippen molar-refractivity contribution in [3.8, 4) is 0 Å². The SMILES string of the molecule is CCN(Cc1nc(NN)c2ccsc2n1)C1CCCCC1. The minimum Gasteiger partial charge on any atom is -0.308 e. The van der Waals surface area contributed by atoms with Crippen molar-refractivity contribution in [2.75, 3.05) is 12.0 Å². The molecule has 1 saturated carbocycles. The van der Waals surface area contributed by atoms with E-state index in [-0.39, 0.29) is 0 Å². The third kappa shape index (κ3) is 3.17. The van der Waals surface area contributed by atoms with E-state index in [4.69, 9.17) is 10.8 Å². The van der Waals surface area contributed by atoms with E-state index in [0.29, 0.717) is 6.04 Å². The fraction of sp³-hybridized carbons (Fsp3) is 0.600. The van der Waals surface area contributed by atoms with E-state index in [2.05, 4.69) is 22.2 Å². The molecule has 1 aliphatic carbocycles. The second-order valence-corrected chi connectivity index (χ2v) is 6.52. The van der Waals surface area contributed by atoms with Crippen LogP contribution in [0.3, 0.4) is 0 Å². The average Bonchev–Trinajstić information content (AvgIpc) is 3.01. The first-order valence-electron chi connectivity index (χ1n) is 7.76. The second kappa shape index (κ2) is 6.68. The molecule has 3 N–H and O–H groups in total. The summed E-state index contributed by atoms with van der Waals surface area (Å²) in [6.45, 7) is 4.08. The number of anilines is 1. The Kier molecular flexibility index (Phi) is 4.67. The topological polar surface area (TPSA) is 67.1 Å². The van der Waals surface area contributed by atoms with Crippen molar-refractivity contribution in [2.24, 2.45) is 5.84 Å². The Labute approximate surface area is 129 Å². The van der Waals surface area contributed by atoms with Crippen LogP contribution in [0.5, 0.6) is 0 Å². The summed E-state index contributed by atoms with van der Waals surface area (Å²) in [6.07, 6.45) is 6.68. The molecule has 0 amide bonds. The number of thiophene rings is 1. The first-order chi connectivity index (χ1) is 10.3. The Bertz CT molecular complexity index is 591. The lowest BCUT2D eigenvalue weighted by molar-refractivity contribution is 0.152. The molecule has 2 aromatic rings. The minimum atomic E-state index is 0.681. The van der Waals surface area contributed by atoms with Gasteiger partial charge in [0.25, 0.3) is 0 Å². The van der Waals surface area contributed by atoms with Gasteiger partial charge < -0.3 is 5.43 Å². The molecule has 3 rings (SSSR count). The number of hydrogen-bond donors (Lipinski definition) is 2. The number of fused-ring (bicyclic) bond motifs is 1. The molecule has 6 heteroatoms. The zero-order valence-electron chi connectivity index (χ0n) is 12.5. The lowest BCUT2D eigenvalue weighted by Gasteiger charge is -2.33. The lowest BCUT2D eigenvalue weighted by Crippen LogP contribution is -2.36. The van der Waals surface area contributed by atoms with Crippen LogP contribution >= 0.6 is 11.3 Å². The van der Waals surface area contributed by atoms with Crippen LogP contribution in [0.4, 0.5) is 5.82 Å². The molecule has 0 spiro atoms. The van der Waals surface area contributed by atoms with Crippen molar-refractivity contribution >= 4 is 27.4 Å². The third-order valence-electron chi connectivity index (χ3n) is 4.35. The summed E-state index contributed by atoms with van der Waals surface area (Å²) in [7, 11) is 0. The van der Waals surface area contributed by atoms with Crippen LogP contribution in [-0.2, 0) is 6.54 Å². The van der Waals surface area contributed by atoms with Crippen molar-refractivity contribution in [1.29, 1.82) is 0 Å². The van der Waals surface area contributed by atoms with E-state index >= 15 is 0 Å². The van der Waals surface area contributed by atoms with Gasteiger partial charge in [-0.3, -0.25) is 4.90 Å². The van der Waals surface area contributed by atoms with Crippen LogP contribution in [0.15, 0.2) is 11.4 Å². The first kappa shape index (κ1) is 14.7. The summed E-state index contributed by atoms with van der Waals surface area (Å²) in [5.41, 5.74) is 2.70. The summed E-state index contributed by atoms with van der Waals surface area (Å²) < 4.78 is 0. The molecule has 0 aliphatic heterocycles. The van der Waals surface area contributed by atoms with Gasteiger partial charge in [0.05, 0.1) is 11.9 Å². The second-order valence-electron chi connectivity index (χ2n) is 5.63. The normalized spacial score (nSPS) is 16.7. The average molecular weight is 305 g/mol. The minimum absolute atomic E-state index is 0.681. The van der Waals surface area contributed by atoms with Gasteiger partial charge in [-0.15, -0.1) is 11.3 Å². The van der Waals surface area contributed by atoms with Gasteiger partial charge in [-0.25, -0.2) is 15.8 Å². The molecule has 2 heterocycles. The molecular weight excluding hydrogens is 282 g/mol. The van der Waals surface area contributed by atoms with Crippen LogP contribution in [0.2, 0.25) is 0 Å². The van der Waals surface area contributed by atoms with Gasteiger partial charge in [0.2, 0.25) is 0 Å². The summed E-state index contributed by atoms with van der Waals surface area (Å²) in [5, 5.41) is 3.04. The van der Waals surface area contributed by atoms with Gasteiger partial charge in [0.15, 0.2) is 5.82 Å². The van der Waals surface area contributed by atoms with Crippen LogP contribution < -0.4 is 11.3 Å². The Morgan fingerprint density at radius 3 is 2.86 bits per heavy atom. The van der Waals surface area contributed by atoms with E-state index in [9.17, 15) is 0 Å². The number of nitrogens with one attached hydrogen (secondary N) is 1.